The minimum absolute atomic E-state index is 0. The van der Waals surface area contributed by atoms with E-state index in [2.05, 4.69) is 0 Å². The SMILES string of the molecule is FC(F)F.O=S([O-])O.[Na+]. The first-order chi connectivity index (χ1) is 3.46. The van der Waals surface area contributed by atoms with Crippen molar-refractivity contribution in [3.05, 3.63) is 0 Å². The van der Waals surface area contributed by atoms with E-state index in [4.69, 9.17) is 13.3 Å². The van der Waals surface area contributed by atoms with Gasteiger partial charge in [0, 0.05) is 0 Å². The molecule has 0 aliphatic rings. The summed E-state index contributed by atoms with van der Waals surface area (Å²) in [5.41, 5.74) is 0. The molecule has 1 atom stereocenters. The molecule has 0 bridgehead atoms. The standard InChI is InChI=1S/CHF3.Na.H2O3S/c2-1(3)4;;1-4(2)3/h1H;;(H2,1,2,3)/q;+1;/p-1. The van der Waals surface area contributed by atoms with Gasteiger partial charge in [-0.05, 0) is 0 Å². The van der Waals surface area contributed by atoms with Crippen LogP contribution in [0.15, 0.2) is 0 Å². The molecule has 0 amide bonds. The maximum Gasteiger partial charge on any atom is 1.00 e. The van der Waals surface area contributed by atoms with Crippen LogP contribution in [-0.4, -0.2) is 20.0 Å². The van der Waals surface area contributed by atoms with Gasteiger partial charge < -0.3 is 9.11 Å². The topological polar surface area (TPSA) is 60.4 Å². The van der Waals surface area contributed by atoms with Crippen molar-refractivity contribution in [1.82, 2.24) is 0 Å². The van der Waals surface area contributed by atoms with Gasteiger partial charge in [-0.2, -0.15) is 13.2 Å². The molecular weight excluding hydrogens is 172 g/mol. The molecule has 9 heavy (non-hydrogen) atoms. The molecule has 1 unspecified atom stereocenters. The zero-order valence-electron chi connectivity index (χ0n) is 4.38. The first kappa shape index (κ1) is 16.4. The molecule has 0 aliphatic heterocycles. The molecule has 0 aromatic carbocycles. The van der Waals surface area contributed by atoms with Crippen LogP contribution in [-0.2, 0) is 11.4 Å². The van der Waals surface area contributed by atoms with Crippen LogP contribution in [0, 0.1) is 0 Å². The largest absolute Gasteiger partial charge is 1.00 e. The summed E-state index contributed by atoms with van der Waals surface area (Å²) in [4.78, 5) is 0. The summed E-state index contributed by atoms with van der Waals surface area (Å²) in [5.74, 6) is 0. The van der Waals surface area contributed by atoms with Crippen LogP contribution in [0.5, 0.6) is 0 Å². The number of hydrogen-bond donors (Lipinski definition) is 1. The van der Waals surface area contributed by atoms with Gasteiger partial charge in [-0.15, -0.1) is 0 Å². The van der Waals surface area contributed by atoms with E-state index in [0.717, 1.165) is 0 Å². The van der Waals surface area contributed by atoms with E-state index in [0.29, 0.717) is 0 Å². The number of alkyl halides is 3. The average Bonchev–Trinajstić information content (AvgIpc) is 1.25. The van der Waals surface area contributed by atoms with Crippen LogP contribution >= 0.6 is 0 Å². The molecule has 0 saturated carbocycles. The van der Waals surface area contributed by atoms with Crippen molar-refractivity contribution in [3.8, 4) is 0 Å². The van der Waals surface area contributed by atoms with Crippen molar-refractivity contribution in [3.63, 3.8) is 0 Å². The van der Waals surface area contributed by atoms with E-state index in [1.54, 1.807) is 0 Å². The molecule has 0 aliphatic carbocycles. The van der Waals surface area contributed by atoms with E-state index in [1.165, 1.54) is 0 Å². The zero-order valence-corrected chi connectivity index (χ0v) is 7.20. The van der Waals surface area contributed by atoms with Gasteiger partial charge >= 0.3 is 36.2 Å². The Morgan fingerprint density at radius 3 is 1.44 bits per heavy atom. The summed E-state index contributed by atoms with van der Waals surface area (Å²) in [6.07, 6.45) is 0. The minimum atomic E-state index is -3.67. The van der Waals surface area contributed by atoms with Gasteiger partial charge in [0.05, 0.1) is 11.4 Å². The van der Waals surface area contributed by atoms with Crippen LogP contribution in [0.4, 0.5) is 13.2 Å². The third-order valence-corrected chi connectivity index (χ3v) is 0. The predicted octanol–water partition coefficient (Wildman–Crippen LogP) is -2.48. The molecule has 3 nitrogen and oxygen atoms in total. The van der Waals surface area contributed by atoms with Gasteiger partial charge in [-0.3, -0.25) is 0 Å². The zero-order chi connectivity index (χ0) is 7.15. The van der Waals surface area contributed by atoms with Gasteiger partial charge in [-0.25, -0.2) is 4.21 Å². The molecule has 52 valence electrons. The molecule has 0 heterocycles. The Morgan fingerprint density at radius 1 is 1.44 bits per heavy atom. The van der Waals surface area contributed by atoms with E-state index < -0.39 is 18.0 Å². The summed E-state index contributed by atoms with van der Waals surface area (Å²) < 4.78 is 53.1. The number of rotatable bonds is 0. The van der Waals surface area contributed by atoms with Crippen LogP contribution in [0.1, 0.15) is 0 Å². The van der Waals surface area contributed by atoms with Crippen molar-refractivity contribution in [2.45, 2.75) is 6.68 Å². The van der Waals surface area contributed by atoms with Gasteiger partial charge in [-0.1, -0.05) is 0 Å². The molecule has 1 N–H and O–H groups in total. The first-order valence-corrected chi connectivity index (χ1v) is 2.20. The van der Waals surface area contributed by atoms with Crippen molar-refractivity contribution in [2.75, 3.05) is 0 Å². The Kier molecular flexibility index (Phi) is 21.3. The molecule has 0 saturated heterocycles. The van der Waals surface area contributed by atoms with E-state index in [1.807, 2.05) is 0 Å². The van der Waals surface area contributed by atoms with Crippen molar-refractivity contribution < 1.29 is 56.0 Å². The molecule has 0 fully saturated rings. The Morgan fingerprint density at radius 2 is 1.44 bits per heavy atom. The van der Waals surface area contributed by atoms with Gasteiger partial charge in [0.1, 0.15) is 0 Å². The van der Waals surface area contributed by atoms with Crippen LogP contribution in [0.3, 0.4) is 0 Å². The Balaban J connectivity index is -0.0000000720. The Bertz CT molecular complexity index is 63.3. The third kappa shape index (κ3) is 564. The third-order valence-electron chi connectivity index (χ3n) is 0. The predicted molar refractivity (Wildman–Crippen MR) is 18.7 cm³/mol. The second kappa shape index (κ2) is 11.6. The second-order valence-electron chi connectivity index (χ2n) is 0.465. The average molecular weight is 174 g/mol. The normalized spacial score (nSPS) is 10.9. The summed E-state index contributed by atoms with van der Waals surface area (Å²) >= 11 is -2.86. The summed E-state index contributed by atoms with van der Waals surface area (Å²) in [6, 6.07) is 0. The molecule has 0 aromatic heterocycles. The fraction of sp³-hybridized carbons (Fsp3) is 1.00. The van der Waals surface area contributed by atoms with Crippen LogP contribution in [0.2, 0.25) is 0 Å². The molecule has 0 aromatic rings. The van der Waals surface area contributed by atoms with Crippen molar-refractivity contribution in [1.29, 1.82) is 0 Å². The summed E-state index contributed by atoms with van der Waals surface area (Å²) in [5, 5.41) is 0. The summed E-state index contributed by atoms with van der Waals surface area (Å²) in [7, 11) is 0. The van der Waals surface area contributed by atoms with E-state index in [-0.39, 0.29) is 29.6 Å². The maximum absolute atomic E-state index is 9.67. The molecule has 8 heteroatoms. The van der Waals surface area contributed by atoms with E-state index >= 15 is 0 Å². The first-order valence-electron chi connectivity index (χ1n) is 1.17. The number of hydrogen-bond acceptors (Lipinski definition) is 2. The molecule has 0 spiro atoms. The van der Waals surface area contributed by atoms with E-state index in [9.17, 15) is 13.2 Å². The van der Waals surface area contributed by atoms with Crippen LogP contribution < -0.4 is 29.6 Å². The molecular formula is CH2F3NaO3S. The smallest absolute Gasteiger partial charge is 0.750 e. The minimum Gasteiger partial charge on any atom is -0.750 e. The summed E-state index contributed by atoms with van der Waals surface area (Å²) in [6.45, 7) is -3.67. The van der Waals surface area contributed by atoms with Crippen molar-refractivity contribution >= 4 is 11.4 Å². The molecule has 0 radical (unpaired) electrons. The fourth-order valence-electron chi connectivity index (χ4n) is 0. The van der Waals surface area contributed by atoms with Crippen LogP contribution in [0.25, 0.3) is 0 Å². The number of halogens is 3. The quantitative estimate of drug-likeness (QED) is 0.327. The molecule has 0 rings (SSSR count). The Hall–Kier alpha value is 0.860. The maximum atomic E-state index is 9.67. The fourth-order valence-corrected chi connectivity index (χ4v) is 0. The second-order valence-corrected chi connectivity index (χ2v) is 0.899. The van der Waals surface area contributed by atoms with Gasteiger partial charge in [0.15, 0.2) is 0 Å². The monoisotopic (exact) mass is 174 g/mol. The van der Waals surface area contributed by atoms with Gasteiger partial charge in [0.25, 0.3) is 0 Å². The van der Waals surface area contributed by atoms with Crippen molar-refractivity contribution in [2.24, 2.45) is 0 Å². The Labute approximate surface area is 74.0 Å². The van der Waals surface area contributed by atoms with Gasteiger partial charge in [0.2, 0.25) is 0 Å².